The van der Waals surface area contributed by atoms with Gasteiger partial charge in [-0.3, -0.25) is 4.79 Å². The van der Waals surface area contributed by atoms with Gasteiger partial charge in [-0.25, -0.2) is 4.98 Å². The first-order chi connectivity index (χ1) is 8.70. The van der Waals surface area contributed by atoms with Crippen LogP contribution in [0.3, 0.4) is 0 Å². The van der Waals surface area contributed by atoms with E-state index in [-0.39, 0.29) is 11.6 Å². The number of methoxy groups -OCH3 is 1. The van der Waals surface area contributed by atoms with Crippen molar-refractivity contribution in [2.75, 3.05) is 14.2 Å². The van der Waals surface area contributed by atoms with Gasteiger partial charge in [-0.2, -0.15) is 0 Å². The molecule has 0 saturated carbocycles. The van der Waals surface area contributed by atoms with Gasteiger partial charge in [0, 0.05) is 32.6 Å². The molecule has 0 bridgehead atoms. The topological polar surface area (TPSA) is 84.2 Å². The maximum Gasteiger partial charge on any atom is 0.276 e. The van der Waals surface area contributed by atoms with Crippen LogP contribution in [0, 0.1) is 0 Å². The maximum absolute atomic E-state index is 12.0. The SMILES string of the molecule is COCc1cc(C(=O)N(C)Cc2ncc[nH]2)no1. The number of nitrogens with zero attached hydrogens (tertiary/aromatic N) is 3. The second-order valence-corrected chi connectivity index (χ2v) is 3.81. The van der Waals surface area contributed by atoms with Gasteiger partial charge in [0.15, 0.2) is 11.5 Å². The van der Waals surface area contributed by atoms with E-state index < -0.39 is 0 Å². The Kier molecular flexibility index (Phi) is 3.73. The number of H-pyrrole nitrogens is 1. The summed E-state index contributed by atoms with van der Waals surface area (Å²) < 4.78 is 9.86. The van der Waals surface area contributed by atoms with Crippen LogP contribution in [-0.4, -0.2) is 40.1 Å². The molecule has 0 fully saturated rings. The quantitative estimate of drug-likeness (QED) is 0.849. The van der Waals surface area contributed by atoms with Gasteiger partial charge in [-0.15, -0.1) is 0 Å². The average molecular weight is 250 g/mol. The largest absolute Gasteiger partial charge is 0.377 e. The fourth-order valence-corrected chi connectivity index (χ4v) is 1.50. The van der Waals surface area contributed by atoms with Crippen molar-refractivity contribution < 1.29 is 14.1 Å². The van der Waals surface area contributed by atoms with Crippen LogP contribution in [0.1, 0.15) is 22.1 Å². The summed E-state index contributed by atoms with van der Waals surface area (Å²) in [4.78, 5) is 20.5. The highest BCUT2D eigenvalue weighted by atomic mass is 16.5. The van der Waals surface area contributed by atoms with Crippen LogP contribution < -0.4 is 0 Å². The minimum absolute atomic E-state index is 0.225. The van der Waals surface area contributed by atoms with Crippen LogP contribution in [0.15, 0.2) is 23.0 Å². The first kappa shape index (κ1) is 12.3. The monoisotopic (exact) mass is 250 g/mol. The summed E-state index contributed by atoms with van der Waals surface area (Å²) in [6, 6.07) is 1.57. The highest BCUT2D eigenvalue weighted by molar-refractivity contribution is 5.91. The fraction of sp³-hybridized carbons (Fsp3) is 0.364. The molecule has 1 amide bonds. The normalized spacial score (nSPS) is 10.6. The zero-order valence-electron chi connectivity index (χ0n) is 10.2. The van der Waals surface area contributed by atoms with E-state index in [0.29, 0.717) is 24.7 Å². The minimum Gasteiger partial charge on any atom is -0.377 e. The number of nitrogens with one attached hydrogen (secondary N) is 1. The van der Waals surface area contributed by atoms with Crippen LogP contribution >= 0.6 is 0 Å². The highest BCUT2D eigenvalue weighted by Crippen LogP contribution is 2.08. The van der Waals surface area contributed by atoms with Crippen molar-refractivity contribution in [3.8, 4) is 0 Å². The molecule has 0 aliphatic heterocycles. The third kappa shape index (κ3) is 2.75. The van der Waals surface area contributed by atoms with Gasteiger partial charge in [0.1, 0.15) is 12.4 Å². The summed E-state index contributed by atoms with van der Waals surface area (Å²) in [5.74, 6) is 1.01. The van der Waals surface area contributed by atoms with Crippen LogP contribution in [-0.2, 0) is 17.9 Å². The number of hydrogen-bond donors (Lipinski definition) is 1. The highest BCUT2D eigenvalue weighted by Gasteiger charge is 2.17. The summed E-state index contributed by atoms with van der Waals surface area (Å²) >= 11 is 0. The van der Waals surface area contributed by atoms with Gasteiger partial charge in [-0.1, -0.05) is 5.16 Å². The number of aromatic amines is 1. The first-order valence-corrected chi connectivity index (χ1v) is 5.39. The van der Waals surface area contributed by atoms with Crippen molar-refractivity contribution in [3.63, 3.8) is 0 Å². The minimum atomic E-state index is -0.225. The lowest BCUT2D eigenvalue weighted by atomic mass is 10.3. The van der Waals surface area contributed by atoms with E-state index >= 15 is 0 Å². The Labute approximate surface area is 104 Å². The molecular formula is C11H14N4O3. The van der Waals surface area contributed by atoms with Crippen molar-refractivity contribution in [2.24, 2.45) is 0 Å². The third-order valence-corrected chi connectivity index (χ3v) is 2.35. The summed E-state index contributed by atoms with van der Waals surface area (Å²) in [5, 5.41) is 3.71. The lowest BCUT2D eigenvalue weighted by Gasteiger charge is -2.13. The van der Waals surface area contributed by atoms with Crippen molar-refractivity contribution in [1.29, 1.82) is 0 Å². The van der Waals surface area contributed by atoms with E-state index in [0.717, 1.165) is 0 Å². The molecule has 0 saturated heterocycles. The van der Waals surface area contributed by atoms with Gasteiger partial charge >= 0.3 is 0 Å². The van der Waals surface area contributed by atoms with E-state index in [9.17, 15) is 4.79 Å². The number of aromatic nitrogens is 3. The third-order valence-electron chi connectivity index (χ3n) is 2.35. The van der Waals surface area contributed by atoms with Crippen LogP contribution in [0.5, 0.6) is 0 Å². The number of amides is 1. The molecule has 0 aliphatic carbocycles. The van der Waals surface area contributed by atoms with Crippen molar-refractivity contribution in [2.45, 2.75) is 13.2 Å². The molecule has 0 spiro atoms. The van der Waals surface area contributed by atoms with E-state index in [1.54, 1.807) is 32.6 Å². The smallest absolute Gasteiger partial charge is 0.276 e. The average Bonchev–Trinajstić information content (AvgIpc) is 3.00. The Morgan fingerprint density at radius 2 is 2.44 bits per heavy atom. The number of rotatable bonds is 5. The molecule has 0 radical (unpaired) electrons. The van der Waals surface area contributed by atoms with Crippen LogP contribution in [0.25, 0.3) is 0 Å². The molecule has 18 heavy (non-hydrogen) atoms. The number of ether oxygens (including phenoxy) is 1. The van der Waals surface area contributed by atoms with Crippen LogP contribution in [0.4, 0.5) is 0 Å². The predicted octanol–water partition coefficient (Wildman–Crippen LogP) is 0.816. The lowest BCUT2D eigenvalue weighted by molar-refractivity contribution is 0.0771. The standard InChI is InChI=1S/C11H14N4O3/c1-15(6-10-12-3-4-13-10)11(16)9-5-8(7-17-2)18-14-9/h3-5H,6-7H2,1-2H3,(H,12,13). The molecule has 2 aromatic rings. The zero-order chi connectivity index (χ0) is 13.0. The van der Waals surface area contributed by atoms with E-state index in [4.69, 9.17) is 9.26 Å². The second kappa shape index (κ2) is 5.46. The van der Waals surface area contributed by atoms with Crippen LogP contribution in [0.2, 0.25) is 0 Å². The summed E-state index contributed by atoms with van der Waals surface area (Å²) in [7, 11) is 3.22. The zero-order valence-corrected chi connectivity index (χ0v) is 10.2. The molecule has 1 N–H and O–H groups in total. The molecule has 96 valence electrons. The van der Waals surface area contributed by atoms with Crippen molar-refractivity contribution in [1.82, 2.24) is 20.0 Å². The van der Waals surface area contributed by atoms with E-state index in [1.165, 1.54) is 4.90 Å². The first-order valence-electron chi connectivity index (χ1n) is 5.39. The maximum atomic E-state index is 12.0. The molecule has 0 aromatic carbocycles. The van der Waals surface area contributed by atoms with Gasteiger partial charge in [0.25, 0.3) is 5.91 Å². The molecule has 0 unspecified atom stereocenters. The Bertz CT molecular complexity index is 506. The van der Waals surface area contributed by atoms with Crippen molar-refractivity contribution >= 4 is 5.91 Å². The van der Waals surface area contributed by atoms with Gasteiger partial charge < -0.3 is 19.1 Å². The molecule has 0 aliphatic rings. The van der Waals surface area contributed by atoms with Gasteiger partial charge in [0.05, 0.1) is 6.54 Å². The predicted molar refractivity (Wildman–Crippen MR) is 61.6 cm³/mol. The Morgan fingerprint density at radius 3 is 3.11 bits per heavy atom. The number of imidazole rings is 1. The number of hydrogen-bond acceptors (Lipinski definition) is 5. The van der Waals surface area contributed by atoms with E-state index in [1.807, 2.05) is 0 Å². The summed E-state index contributed by atoms with van der Waals surface area (Å²) in [6.07, 6.45) is 3.35. The number of carbonyl (C=O) groups excluding carboxylic acids is 1. The molecular weight excluding hydrogens is 236 g/mol. The second-order valence-electron chi connectivity index (χ2n) is 3.81. The Balaban J connectivity index is 2.01. The molecule has 0 atom stereocenters. The summed E-state index contributed by atoms with van der Waals surface area (Å²) in [6.45, 7) is 0.681. The Morgan fingerprint density at radius 1 is 1.61 bits per heavy atom. The fourth-order valence-electron chi connectivity index (χ4n) is 1.50. The van der Waals surface area contributed by atoms with Gasteiger partial charge in [0.2, 0.25) is 0 Å². The Hall–Kier alpha value is -2.15. The van der Waals surface area contributed by atoms with Crippen molar-refractivity contribution in [3.05, 3.63) is 35.7 Å². The molecule has 2 heterocycles. The molecule has 2 aromatic heterocycles. The molecule has 7 heteroatoms. The molecule has 7 nitrogen and oxygen atoms in total. The van der Waals surface area contributed by atoms with Gasteiger partial charge in [-0.05, 0) is 0 Å². The number of carbonyl (C=O) groups is 1. The lowest BCUT2D eigenvalue weighted by Crippen LogP contribution is -2.26. The molecule has 2 rings (SSSR count). The summed E-state index contributed by atoms with van der Waals surface area (Å²) in [5.41, 5.74) is 0.260. The van der Waals surface area contributed by atoms with E-state index in [2.05, 4.69) is 15.1 Å².